The van der Waals surface area contributed by atoms with Crippen LogP contribution in [0.5, 0.6) is 0 Å². The monoisotopic (exact) mass is 232 g/mol. The van der Waals surface area contributed by atoms with Crippen molar-refractivity contribution in [2.45, 2.75) is 32.2 Å². The first-order chi connectivity index (χ1) is 8.22. The molecule has 1 saturated heterocycles. The SMILES string of the molecule is CCCc1ccccc1NC1CCN(C)C1=O. The predicted octanol–water partition coefficient (Wildman–Crippen LogP) is 2.28. The van der Waals surface area contributed by atoms with Crippen LogP contribution in [0.3, 0.4) is 0 Å². The minimum absolute atomic E-state index is 0.0435. The molecule has 3 heteroatoms. The first kappa shape index (κ1) is 12.0. The van der Waals surface area contributed by atoms with Gasteiger partial charge in [-0.15, -0.1) is 0 Å². The Hall–Kier alpha value is -1.51. The van der Waals surface area contributed by atoms with Gasteiger partial charge in [-0.1, -0.05) is 31.5 Å². The van der Waals surface area contributed by atoms with Gasteiger partial charge in [-0.3, -0.25) is 4.79 Å². The first-order valence-electron chi connectivity index (χ1n) is 6.31. The molecule has 0 radical (unpaired) electrons. The van der Waals surface area contributed by atoms with Gasteiger partial charge in [0.1, 0.15) is 6.04 Å². The van der Waals surface area contributed by atoms with Crippen molar-refractivity contribution in [3.63, 3.8) is 0 Å². The number of carbonyl (C=O) groups excluding carboxylic acids is 1. The van der Waals surface area contributed by atoms with Crippen molar-refractivity contribution in [2.75, 3.05) is 18.9 Å². The van der Waals surface area contributed by atoms with Gasteiger partial charge in [0.25, 0.3) is 0 Å². The second-order valence-corrected chi connectivity index (χ2v) is 4.65. The van der Waals surface area contributed by atoms with Gasteiger partial charge >= 0.3 is 0 Å². The number of anilines is 1. The number of likely N-dealkylation sites (N-methyl/N-ethyl adjacent to an activating group) is 1. The highest BCUT2D eigenvalue weighted by atomic mass is 16.2. The molecule has 0 spiro atoms. The van der Waals surface area contributed by atoms with Crippen LogP contribution in [0.25, 0.3) is 0 Å². The van der Waals surface area contributed by atoms with Gasteiger partial charge in [0.15, 0.2) is 0 Å². The van der Waals surface area contributed by atoms with E-state index in [0.29, 0.717) is 0 Å². The molecule has 1 N–H and O–H groups in total. The molecule has 1 unspecified atom stereocenters. The van der Waals surface area contributed by atoms with Gasteiger partial charge in [-0.25, -0.2) is 0 Å². The average molecular weight is 232 g/mol. The quantitative estimate of drug-likeness (QED) is 0.863. The van der Waals surface area contributed by atoms with Crippen molar-refractivity contribution in [1.82, 2.24) is 4.90 Å². The van der Waals surface area contributed by atoms with Crippen LogP contribution in [-0.4, -0.2) is 30.4 Å². The summed E-state index contributed by atoms with van der Waals surface area (Å²) in [5.41, 5.74) is 2.42. The van der Waals surface area contributed by atoms with Gasteiger partial charge in [-0.05, 0) is 24.5 Å². The third-order valence-corrected chi connectivity index (χ3v) is 3.29. The lowest BCUT2D eigenvalue weighted by molar-refractivity contribution is -0.127. The zero-order valence-corrected chi connectivity index (χ0v) is 10.6. The molecule has 0 bridgehead atoms. The highest BCUT2D eigenvalue weighted by Gasteiger charge is 2.28. The number of carbonyl (C=O) groups is 1. The van der Waals surface area contributed by atoms with Gasteiger partial charge in [0, 0.05) is 19.3 Å². The third kappa shape index (κ3) is 2.60. The molecule has 1 heterocycles. The van der Waals surface area contributed by atoms with E-state index in [1.54, 1.807) is 4.90 Å². The van der Waals surface area contributed by atoms with Crippen LogP contribution < -0.4 is 5.32 Å². The van der Waals surface area contributed by atoms with Crippen LogP contribution in [0.1, 0.15) is 25.3 Å². The van der Waals surface area contributed by atoms with Crippen LogP contribution >= 0.6 is 0 Å². The zero-order valence-electron chi connectivity index (χ0n) is 10.6. The fourth-order valence-electron chi connectivity index (χ4n) is 2.29. The molecule has 2 rings (SSSR count). The van der Waals surface area contributed by atoms with Gasteiger partial charge in [0.05, 0.1) is 0 Å². The number of aryl methyl sites for hydroxylation is 1. The molecule has 1 aliphatic rings. The molecule has 0 saturated carbocycles. The Bertz CT molecular complexity index is 403. The maximum Gasteiger partial charge on any atom is 0.244 e. The largest absolute Gasteiger partial charge is 0.373 e. The number of nitrogens with one attached hydrogen (secondary N) is 1. The zero-order chi connectivity index (χ0) is 12.3. The molecule has 3 nitrogen and oxygen atoms in total. The minimum atomic E-state index is -0.0435. The number of para-hydroxylation sites is 1. The Morgan fingerprint density at radius 3 is 2.82 bits per heavy atom. The van der Waals surface area contributed by atoms with E-state index in [1.165, 1.54) is 5.56 Å². The summed E-state index contributed by atoms with van der Waals surface area (Å²) in [4.78, 5) is 13.6. The number of nitrogens with zero attached hydrogens (tertiary/aromatic N) is 1. The van der Waals surface area contributed by atoms with E-state index < -0.39 is 0 Å². The standard InChI is InChI=1S/C14H20N2O/c1-3-6-11-7-4-5-8-12(11)15-13-9-10-16(2)14(13)17/h4-5,7-8,13,15H,3,6,9-10H2,1-2H3. The lowest BCUT2D eigenvalue weighted by Gasteiger charge is -2.16. The number of likely N-dealkylation sites (tertiary alicyclic amines) is 1. The van der Waals surface area contributed by atoms with Crippen molar-refractivity contribution in [2.24, 2.45) is 0 Å². The smallest absolute Gasteiger partial charge is 0.244 e. The average Bonchev–Trinajstić information content (AvgIpc) is 2.64. The molecular formula is C14H20N2O. The van der Waals surface area contributed by atoms with E-state index >= 15 is 0 Å². The van der Waals surface area contributed by atoms with E-state index in [0.717, 1.165) is 31.5 Å². The molecular weight excluding hydrogens is 212 g/mol. The van der Waals surface area contributed by atoms with Crippen molar-refractivity contribution in [3.8, 4) is 0 Å². The summed E-state index contributed by atoms with van der Waals surface area (Å²) in [5, 5.41) is 3.38. The third-order valence-electron chi connectivity index (χ3n) is 3.29. The van der Waals surface area contributed by atoms with Gasteiger partial charge in [-0.2, -0.15) is 0 Å². The van der Waals surface area contributed by atoms with Gasteiger partial charge < -0.3 is 10.2 Å². The van der Waals surface area contributed by atoms with Crippen LogP contribution in [0.15, 0.2) is 24.3 Å². The lowest BCUT2D eigenvalue weighted by atomic mass is 10.1. The molecule has 1 amide bonds. The summed E-state index contributed by atoms with van der Waals surface area (Å²) < 4.78 is 0. The van der Waals surface area contributed by atoms with E-state index in [1.807, 2.05) is 13.1 Å². The molecule has 1 aliphatic heterocycles. The van der Waals surface area contributed by atoms with E-state index in [9.17, 15) is 4.79 Å². The molecule has 1 fully saturated rings. The minimum Gasteiger partial charge on any atom is -0.373 e. The van der Waals surface area contributed by atoms with Crippen molar-refractivity contribution in [1.29, 1.82) is 0 Å². The molecule has 1 atom stereocenters. The summed E-state index contributed by atoms with van der Waals surface area (Å²) in [6.07, 6.45) is 3.08. The van der Waals surface area contributed by atoms with Gasteiger partial charge in [0.2, 0.25) is 5.91 Å². The van der Waals surface area contributed by atoms with Crippen LogP contribution in [0.4, 0.5) is 5.69 Å². The fraction of sp³-hybridized carbons (Fsp3) is 0.500. The Morgan fingerprint density at radius 1 is 1.41 bits per heavy atom. The maximum absolute atomic E-state index is 11.8. The number of hydrogen-bond acceptors (Lipinski definition) is 2. The highest BCUT2D eigenvalue weighted by Crippen LogP contribution is 2.21. The summed E-state index contributed by atoms with van der Waals surface area (Å²) in [6.45, 7) is 3.03. The Balaban J connectivity index is 2.10. The molecule has 0 aliphatic carbocycles. The summed E-state index contributed by atoms with van der Waals surface area (Å²) >= 11 is 0. The highest BCUT2D eigenvalue weighted by molar-refractivity contribution is 5.86. The van der Waals surface area contributed by atoms with Crippen LogP contribution in [-0.2, 0) is 11.2 Å². The molecule has 17 heavy (non-hydrogen) atoms. The van der Waals surface area contributed by atoms with E-state index in [4.69, 9.17) is 0 Å². The normalized spacial score (nSPS) is 19.8. The Labute approximate surface area is 103 Å². The fourth-order valence-corrected chi connectivity index (χ4v) is 2.29. The predicted molar refractivity (Wildman–Crippen MR) is 70.1 cm³/mol. The molecule has 1 aromatic carbocycles. The molecule has 92 valence electrons. The van der Waals surface area contributed by atoms with Crippen molar-refractivity contribution in [3.05, 3.63) is 29.8 Å². The molecule has 0 aromatic heterocycles. The number of hydrogen-bond donors (Lipinski definition) is 1. The summed E-state index contributed by atoms with van der Waals surface area (Å²) in [5.74, 6) is 0.205. The second-order valence-electron chi connectivity index (χ2n) is 4.65. The first-order valence-corrected chi connectivity index (χ1v) is 6.31. The molecule has 1 aromatic rings. The van der Waals surface area contributed by atoms with E-state index in [-0.39, 0.29) is 11.9 Å². The van der Waals surface area contributed by atoms with Crippen LogP contribution in [0.2, 0.25) is 0 Å². The lowest BCUT2D eigenvalue weighted by Crippen LogP contribution is -2.31. The number of rotatable bonds is 4. The van der Waals surface area contributed by atoms with E-state index in [2.05, 4.69) is 30.4 Å². The second kappa shape index (κ2) is 5.21. The van der Waals surface area contributed by atoms with Crippen molar-refractivity contribution < 1.29 is 4.79 Å². The topological polar surface area (TPSA) is 32.3 Å². The number of amides is 1. The summed E-state index contributed by atoms with van der Waals surface area (Å²) in [6, 6.07) is 8.23. The Kier molecular flexibility index (Phi) is 3.67. The van der Waals surface area contributed by atoms with Crippen LogP contribution in [0, 0.1) is 0 Å². The maximum atomic E-state index is 11.8. The summed E-state index contributed by atoms with van der Waals surface area (Å²) in [7, 11) is 1.86. The Morgan fingerprint density at radius 2 is 2.18 bits per heavy atom. The number of benzene rings is 1. The van der Waals surface area contributed by atoms with Crippen molar-refractivity contribution >= 4 is 11.6 Å².